The highest BCUT2D eigenvalue weighted by atomic mass is 32.2. The Morgan fingerprint density at radius 1 is 1.18 bits per heavy atom. The molecule has 2 aromatic rings. The van der Waals surface area contributed by atoms with Gasteiger partial charge in [-0.3, -0.25) is 19.9 Å². The van der Waals surface area contributed by atoms with Crippen molar-refractivity contribution in [1.82, 2.24) is 25.6 Å². The normalized spacial score (nSPS) is 19.7. The smallest absolute Gasteiger partial charge is 0.290 e. The third kappa shape index (κ3) is 5.43. The largest absolute Gasteiger partial charge is 0.341 e. The molecule has 4 heterocycles. The van der Waals surface area contributed by atoms with E-state index < -0.39 is 0 Å². The van der Waals surface area contributed by atoms with Crippen LogP contribution in [-0.4, -0.2) is 45.7 Å². The molecule has 0 saturated carbocycles. The van der Waals surface area contributed by atoms with E-state index in [4.69, 9.17) is 4.98 Å². The topological polar surface area (TPSA) is 100 Å². The monoisotopic (exact) mass is 474 g/mol. The average molecular weight is 475 g/mol. The summed E-state index contributed by atoms with van der Waals surface area (Å²) in [5, 5.41) is 5.49. The van der Waals surface area contributed by atoms with Crippen LogP contribution in [0.2, 0.25) is 0 Å². The molecule has 2 aliphatic heterocycles. The van der Waals surface area contributed by atoms with Crippen molar-refractivity contribution in [3.63, 3.8) is 0 Å². The molecule has 0 unspecified atom stereocenters. The molecular weight excluding hydrogens is 448 g/mol. The molecule has 8 nitrogen and oxygen atoms in total. The molecule has 2 amide bonds. The Labute approximate surface area is 202 Å². The Balaban J connectivity index is 1.10. The van der Waals surface area contributed by atoms with Crippen LogP contribution in [0.5, 0.6) is 0 Å². The minimum Gasteiger partial charge on any atom is -0.341 e. The second-order valence-corrected chi connectivity index (χ2v) is 9.55. The quantitative estimate of drug-likeness (QED) is 0.588. The molecule has 9 heteroatoms. The van der Waals surface area contributed by atoms with Crippen LogP contribution in [0.25, 0.3) is 11.6 Å². The lowest BCUT2D eigenvalue weighted by molar-refractivity contribution is -0.115. The molecule has 2 N–H and O–H groups in total. The molecule has 34 heavy (non-hydrogen) atoms. The van der Waals surface area contributed by atoms with Gasteiger partial charge in [0.1, 0.15) is 0 Å². The molecule has 5 rings (SSSR count). The highest BCUT2D eigenvalue weighted by Crippen LogP contribution is 2.26. The number of nitrogens with one attached hydrogen (secondary N) is 2. The van der Waals surface area contributed by atoms with E-state index in [9.17, 15) is 9.59 Å². The van der Waals surface area contributed by atoms with Crippen molar-refractivity contribution in [2.24, 2.45) is 5.92 Å². The minimum absolute atomic E-state index is 0.354. The maximum Gasteiger partial charge on any atom is 0.290 e. The Kier molecular flexibility index (Phi) is 6.82. The van der Waals surface area contributed by atoms with Gasteiger partial charge in [0, 0.05) is 25.8 Å². The first kappa shape index (κ1) is 22.5. The summed E-state index contributed by atoms with van der Waals surface area (Å²) in [7, 11) is 0. The molecule has 3 aliphatic rings. The van der Waals surface area contributed by atoms with Crippen molar-refractivity contribution in [3.05, 3.63) is 70.7 Å². The standard InChI is InChI=1S/C25H26N6O2S/c32-23-22(34-25(33)30-23)14-19-8-11-27-24(29-19)31-12-9-17(10-13-31)15-26-16-20-6-3-7-21(28-20)18-4-1-2-5-18/h1-4,6-8,11,14,17,26H,5,9-10,12-13,15-16H2,(H,30,32,33)/b22-14-. The number of rotatable bonds is 7. The Bertz CT molecular complexity index is 1180. The number of thioether (sulfide) groups is 1. The van der Waals surface area contributed by atoms with Crippen LogP contribution in [0.4, 0.5) is 10.7 Å². The van der Waals surface area contributed by atoms with Gasteiger partial charge in [0.15, 0.2) is 0 Å². The summed E-state index contributed by atoms with van der Waals surface area (Å²) in [6, 6.07) is 7.97. The number of hydrogen-bond donors (Lipinski definition) is 2. The van der Waals surface area contributed by atoms with Crippen LogP contribution in [0.3, 0.4) is 0 Å². The van der Waals surface area contributed by atoms with Gasteiger partial charge in [-0.05, 0) is 73.3 Å². The van der Waals surface area contributed by atoms with Crippen molar-refractivity contribution in [2.75, 3.05) is 24.5 Å². The van der Waals surface area contributed by atoms with Crippen LogP contribution >= 0.6 is 11.8 Å². The van der Waals surface area contributed by atoms with E-state index in [0.717, 1.165) is 68.6 Å². The summed E-state index contributed by atoms with van der Waals surface area (Å²) in [5.41, 5.74) is 4.03. The molecular formula is C25H26N6O2S. The van der Waals surface area contributed by atoms with Gasteiger partial charge in [0.2, 0.25) is 5.95 Å². The summed E-state index contributed by atoms with van der Waals surface area (Å²) < 4.78 is 0. The SMILES string of the molecule is O=C1NC(=O)/C(=C/c2ccnc(N3CCC(CNCc4cccc(C5=CC=CC5)n4)CC3)n2)S1. The van der Waals surface area contributed by atoms with E-state index in [1.165, 1.54) is 5.57 Å². The highest BCUT2D eigenvalue weighted by Gasteiger charge is 2.25. The third-order valence-electron chi connectivity index (χ3n) is 6.13. The van der Waals surface area contributed by atoms with Crippen LogP contribution in [0.15, 0.2) is 53.6 Å². The predicted octanol–water partition coefficient (Wildman–Crippen LogP) is 3.55. The molecule has 2 fully saturated rings. The molecule has 0 atom stereocenters. The molecule has 0 spiro atoms. The number of carbonyl (C=O) groups excluding carboxylic acids is 2. The number of amides is 2. The maximum atomic E-state index is 11.8. The van der Waals surface area contributed by atoms with Crippen molar-refractivity contribution in [2.45, 2.75) is 25.8 Å². The first-order valence-corrected chi connectivity index (χ1v) is 12.3. The zero-order valence-corrected chi connectivity index (χ0v) is 19.6. The molecule has 2 saturated heterocycles. The maximum absolute atomic E-state index is 11.8. The molecule has 1 aliphatic carbocycles. The summed E-state index contributed by atoms with van der Waals surface area (Å²) in [6.07, 6.45) is 12.8. The third-order valence-corrected chi connectivity index (χ3v) is 6.94. The minimum atomic E-state index is -0.377. The molecule has 0 aromatic carbocycles. The molecule has 174 valence electrons. The van der Waals surface area contributed by atoms with E-state index >= 15 is 0 Å². The van der Waals surface area contributed by atoms with Crippen LogP contribution < -0.4 is 15.5 Å². The number of anilines is 1. The van der Waals surface area contributed by atoms with Gasteiger partial charge in [0.25, 0.3) is 11.1 Å². The summed E-state index contributed by atoms with van der Waals surface area (Å²) in [4.78, 5) is 39.5. The number of hydrogen-bond acceptors (Lipinski definition) is 8. The second kappa shape index (κ2) is 10.3. The van der Waals surface area contributed by atoms with Crippen molar-refractivity contribution < 1.29 is 9.59 Å². The number of allylic oxidation sites excluding steroid dienone is 4. The lowest BCUT2D eigenvalue weighted by atomic mass is 9.97. The lowest BCUT2D eigenvalue weighted by Gasteiger charge is -2.32. The van der Waals surface area contributed by atoms with E-state index in [2.05, 4.69) is 61.9 Å². The van der Waals surface area contributed by atoms with Gasteiger partial charge in [-0.15, -0.1) is 0 Å². The number of pyridine rings is 1. The number of piperidine rings is 1. The van der Waals surface area contributed by atoms with E-state index in [1.807, 2.05) is 0 Å². The van der Waals surface area contributed by atoms with Gasteiger partial charge < -0.3 is 10.2 Å². The van der Waals surface area contributed by atoms with E-state index in [1.54, 1.807) is 18.3 Å². The Morgan fingerprint density at radius 2 is 2.06 bits per heavy atom. The predicted molar refractivity (Wildman–Crippen MR) is 134 cm³/mol. The number of carbonyl (C=O) groups is 2. The van der Waals surface area contributed by atoms with Crippen molar-refractivity contribution in [3.8, 4) is 0 Å². The van der Waals surface area contributed by atoms with Gasteiger partial charge in [-0.25, -0.2) is 9.97 Å². The van der Waals surface area contributed by atoms with E-state index in [-0.39, 0.29) is 11.1 Å². The fraction of sp³-hybridized carbons (Fsp3) is 0.320. The second-order valence-electron chi connectivity index (χ2n) is 8.53. The van der Waals surface area contributed by atoms with Crippen LogP contribution in [0.1, 0.15) is 36.3 Å². The van der Waals surface area contributed by atoms with Crippen LogP contribution in [-0.2, 0) is 11.3 Å². The summed E-state index contributed by atoms with van der Waals surface area (Å²) in [6.45, 7) is 3.49. The average Bonchev–Trinajstić information content (AvgIpc) is 3.50. The van der Waals surface area contributed by atoms with Gasteiger partial charge in [0.05, 0.1) is 22.0 Å². The zero-order valence-electron chi connectivity index (χ0n) is 18.7. The van der Waals surface area contributed by atoms with Gasteiger partial charge >= 0.3 is 0 Å². The molecule has 2 aromatic heterocycles. The van der Waals surface area contributed by atoms with Crippen LogP contribution in [0, 0.1) is 5.92 Å². The Morgan fingerprint density at radius 3 is 2.82 bits per heavy atom. The first-order chi connectivity index (χ1) is 16.6. The number of imide groups is 1. The summed E-state index contributed by atoms with van der Waals surface area (Å²) in [5.74, 6) is 0.876. The molecule has 0 radical (unpaired) electrons. The molecule has 0 bridgehead atoms. The van der Waals surface area contributed by atoms with Crippen molar-refractivity contribution >= 4 is 40.5 Å². The summed E-state index contributed by atoms with van der Waals surface area (Å²) >= 11 is 0.894. The lowest BCUT2D eigenvalue weighted by Crippen LogP contribution is -2.38. The fourth-order valence-electron chi connectivity index (χ4n) is 4.29. The number of nitrogens with zero attached hydrogens (tertiary/aromatic N) is 4. The van der Waals surface area contributed by atoms with Gasteiger partial charge in [-0.2, -0.15) is 0 Å². The van der Waals surface area contributed by atoms with E-state index in [0.29, 0.717) is 22.5 Å². The fourth-order valence-corrected chi connectivity index (χ4v) is 4.95. The van der Waals surface area contributed by atoms with Crippen molar-refractivity contribution in [1.29, 1.82) is 0 Å². The zero-order chi connectivity index (χ0) is 23.3. The number of aromatic nitrogens is 3. The first-order valence-electron chi connectivity index (χ1n) is 11.5. The van der Waals surface area contributed by atoms with Gasteiger partial charge in [-0.1, -0.05) is 24.3 Å². The Hall–Kier alpha value is -3.30. The highest BCUT2D eigenvalue weighted by molar-refractivity contribution is 8.18.